The highest BCUT2D eigenvalue weighted by Crippen LogP contribution is 2.14. The van der Waals surface area contributed by atoms with Gasteiger partial charge in [0.05, 0.1) is 18.5 Å². The molecular weight excluding hydrogens is 380 g/mol. The molecule has 8 nitrogen and oxygen atoms in total. The number of carbonyl (C=O) groups excluding carboxylic acids is 3. The van der Waals surface area contributed by atoms with Gasteiger partial charge in [0, 0.05) is 31.1 Å². The second-order valence-corrected chi connectivity index (χ2v) is 7.30. The molecule has 3 rings (SSSR count). The lowest BCUT2D eigenvalue weighted by atomic mass is 10.1. The molecule has 0 spiro atoms. The molecule has 1 saturated heterocycles. The number of imide groups is 1. The summed E-state index contributed by atoms with van der Waals surface area (Å²) < 4.78 is 5.11. The molecule has 2 N–H and O–H groups in total. The number of aromatic nitrogens is 1. The third-order valence-corrected chi connectivity index (χ3v) is 5.26. The summed E-state index contributed by atoms with van der Waals surface area (Å²) in [7, 11) is 1.59. The number of benzene rings is 1. The van der Waals surface area contributed by atoms with Crippen LogP contribution in [0.4, 0.5) is 4.79 Å². The predicted molar refractivity (Wildman–Crippen MR) is 104 cm³/mol. The van der Waals surface area contributed by atoms with Crippen LogP contribution in [-0.4, -0.2) is 54.0 Å². The van der Waals surface area contributed by atoms with E-state index in [0.29, 0.717) is 19.4 Å². The van der Waals surface area contributed by atoms with Crippen molar-refractivity contribution in [1.29, 1.82) is 0 Å². The largest absolute Gasteiger partial charge is 0.497 e. The molecule has 9 heteroatoms. The van der Waals surface area contributed by atoms with Crippen molar-refractivity contribution in [2.24, 2.45) is 0 Å². The monoisotopic (exact) mass is 402 g/mol. The van der Waals surface area contributed by atoms with Gasteiger partial charge in [0.1, 0.15) is 11.8 Å². The Morgan fingerprint density at radius 3 is 2.75 bits per heavy atom. The van der Waals surface area contributed by atoms with E-state index >= 15 is 0 Å². The van der Waals surface area contributed by atoms with E-state index in [0.717, 1.165) is 21.2 Å². The van der Waals surface area contributed by atoms with E-state index in [1.807, 2.05) is 29.6 Å². The predicted octanol–water partition coefficient (Wildman–Crippen LogP) is 1.36. The molecule has 0 unspecified atom stereocenters. The maximum Gasteiger partial charge on any atom is 0.324 e. The quantitative estimate of drug-likeness (QED) is 0.617. The molecule has 148 valence electrons. The van der Waals surface area contributed by atoms with E-state index in [1.165, 1.54) is 11.3 Å². The fourth-order valence-electron chi connectivity index (χ4n) is 2.90. The average Bonchev–Trinajstić information content (AvgIpc) is 3.29. The molecule has 1 aromatic heterocycles. The SMILES string of the molecule is COc1ccc(CCN2C(=O)N[C@@H](CC(=O)NCCc3nccs3)C2=O)cc1. The van der Waals surface area contributed by atoms with Crippen LogP contribution in [0.25, 0.3) is 0 Å². The second kappa shape index (κ2) is 9.32. The number of hydrogen-bond acceptors (Lipinski definition) is 6. The molecule has 0 radical (unpaired) electrons. The molecule has 28 heavy (non-hydrogen) atoms. The molecule has 4 amide bonds. The first kappa shape index (κ1) is 19.8. The number of amides is 4. The third-order valence-electron chi connectivity index (χ3n) is 4.42. The lowest BCUT2D eigenvalue weighted by Gasteiger charge is -2.13. The normalized spacial score (nSPS) is 16.2. The zero-order valence-corrected chi connectivity index (χ0v) is 16.3. The molecule has 1 aromatic carbocycles. The Morgan fingerprint density at radius 1 is 1.29 bits per heavy atom. The van der Waals surface area contributed by atoms with Gasteiger partial charge in [0.25, 0.3) is 5.91 Å². The Kier molecular flexibility index (Phi) is 6.59. The van der Waals surface area contributed by atoms with Crippen LogP contribution in [0.3, 0.4) is 0 Å². The fourth-order valence-corrected chi connectivity index (χ4v) is 3.52. The van der Waals surface area contributed by atoms with E-state index in [9.17, 15) is 14.4 Å². The first-order chi connectivity index (χ1) is 13.6. The van der Waals surface area contributed by atoms with Gasteiger partial charge in [-0.15, -0.1) is 11.3 Å². The van der Waals surface area contributed by atoms with Crippen LogP contribution in [-0.2, 0) is 22.4 Å². The van der Waals surface area contributed by atoms with Crippen LogP contribution in [0.15, 0.2) is 35.8 Å². The Bertz CT molecular complexity index is 823. The van der Waals surface area contributed by atoms with Crippen molar-refractivity contribution in [1.82, 2.24) is 20.5 Å². The summed E-state index contributed by atoms with van der Waals surface area (Å²) in [5.74, 6) is 0.112. The molecule has 1 atom stereocenters. The van der Waals surface area contributed by atoms with Crippen molar-refractivity contribution in [3.63, 3.8) is 0 Å². The maximum absolute atomic E-state index is 12.5. The summed E-state index contributed by atoms with van der Waals surface area (Å²) in [6.07, 6.45) is 2.83. The van der Waals surface area contributed by atoms with E-state index in [4.69, 9.17) is 4.74 Å². The zero-order chi connectivity index (χ0) is 19.9. The minimum absolute atomic E-state index is 0.0680. The number of thiazole rings is 1. The molecule has 0 bridgehead atoms. The highest BCUT2D eigenvalue weighted by atomic mass is 32.1. The van der Waals surface area contributed by atoms with Gasteiger partial charge in [0.2, 0.25) is 5.91 Å². The van der Waals surface area contributed by atoms with Crippen molar-refractivity contribution in [2.45, 2.75) is 25.3 Å². The summed E-state index contributed by atoms with van der Waals surface area (Å²) in [6.45, 7) is 0.710. The van der Waals surface area contributed by atoms with Crippen molar-refractivity contribution >= 4 is 29.2 Å². The summed E-state index contributed by atoms with van der Waals surface area (Å²) >= 11 is 1.53. The second-order valence-electron chi connectivity index (χ2n) is 6.32. The third kappa shape index (κ3) is 5.07. The molecule has 1 aliphatic heterocycles. The average molecular weight is 402 g/mol. The number of urea groups is 1. The Hall–Kier alpha value is -2.94. The van der Waals surface area contributed by atoms with Gasteiger partial charge in [-0.3, -0.25) is 14.5 Å². The van der Waals surface area contributed by atoms with Crippen molar-refractivity contribution in [2.75, 3.05) is 20.2 Å². The smallest absolute Gasteiger partial charge is 0.324 e. The van der Waals surface area contributed by atoms with Gasteiger partial charge in [0.15, 0.2) is 0 Å². The topological polar surface area (TPSA) is 101 Å². The molecule has 0 saturated carbocycles. The standard InChI is InChI=1S/C19H22N4O4S/c1-27-14-4-2-13(3-5-14)7-10-23-18(25)15(22-19(23)26)12-16(24)20-8-6-17-21-9-11-28-17/h2-5,9,11,15H,6-8,10,12H2,1H3,(H,20,24)(H,22,26)/t15-/m0/s1. The molecule has 2 aromatic rings. The number of hydrogen-bond donors (Lipinski definition) is 2. The highest BCUT2D eigenvalue weighted by Gasteiger charge is 2.38. The Labute approximate surface area is 166 Å². The summed E-state index contributed by atoms with van der Waals surface area (Å²) in [4.78, 5) is 41.9. The number of rotatable bonds is 9. The lowest BCUT2D eigenvalue weighted by molar-refractivity contribution is -0.130. The fraction of sp³-hybridized carbons (Fsp3) is 0.368. The Morgan fingerprint density at radius 2 is 2.07 bits per heavy atom. The van der Waals surface area contributed by atoms with Gasteiger partial charge < -0.3 is 15.4 Å². The van der Waals surface area contributed by atoms with Crippen LogP contribution < -0.4 is 15.4 Å². The lowest BCUT2D eigenvalue weighted by Crippen LogP contribution is -2.37. The van der Waals surface area contributed by atoms with Crippen LogP contribution in [0.5, 0.6) is 5.75 Å². The van der Waals surface area contributed by atoms with E-state index in [-0.39, 0.29) is 24.8 Å². The Balaban J connectivity index is 1.44. The molecular formula is C19H22N4O4S. The van der Waals surface area contributed by atoms with Gasteiger partial charge in [-0.05, 0) is 24.1 Å². The van der Waals surface area contributed by atoms with Crippen LogP contribution in [0.1, 0.15) is 17.0 Å². The minimum atomic E-state index is -0.816. The summed E-state index contributed by atoms with van der Waals surface area (Å²) in [6, 6.07) is 6.18. The molecule has 2 heterocycles. The molecule has 1 aliphatic rings. The minimum Gasteiger partial charge on any atom is -0.497 e. The highest BCUT2D eigenvalue weighted by molar-refractivity contribution is 7.09. The van der Waals surface area contributed by atoms with E-state index in [2.05, 4.69) is 15.6 Å². The van der Waals surface area contributed by atoms with Gasteiger partial charge in [-0.25, -0.2) is 9.78 Å². The number of methoxy groups -OCH3 is 1. The molecule has 0 aliphatic carbocycles. The van der Waals surface area contributed by atoms with Gasteiger partial charge >= 0.3 is 6.03 Å². The number of carbonyl (C=O) groups is 3. The summed E-state index contributed by atoms with van der Waals surface area (Å²) in [5.41, 5.74) is 0.991. The van der Waals surface area contributed by atoms with Crippen molar-refractivity contribution in [3.8, 4) is 5.75 Å². The van der Waals surface area contributed by atoms with E-state index < -0.39 is 12.1 Å². The van der Waals surface area contributed by atoms with Gasteiger partial charge in [-0.2, -0.15) is 0 Å². The van der Waals surface area contributed by atoms with Crippen molar-refractivity contribution in [3.05, 3.63) is 46.4 Å². The van der Waals surface area contributed by atoms with Crippen LogP contribution in [0, 0.1) is 0 Å². The van der Waals surface area contributed by atoms with Gasteiger partial charge in [-0.1, -0.05) is 12.1 Å². The summed E-state index contributed by atoms with van der Waals surface area (Å²) in [5, 5.41) is 8.17. The van der Waals surface area contributed by atoms with E-state index in [1.54, 1.807) is 13.3 Å². The first-order valence-corrected chi connectivity index (χ1v) is 9.84. The number of nitrogens with one attached hydrogen (secondary N) is 2. The zero-order valence-electron chi connectivity index (χ0n) is 15.5. The first-order valence-electron chi connectivity index (χ1n) is 8.96. The van der Waals surface area contributed by atoms with Crippen LogP contribution >= 0.6 is 11.3 Å². The van der Waals surface area contributed by atoms with Crippen molar-refractivity contribution < 1.29 is 19.1 Å². The number of nitrogens with zero attached hydrogens (tertiary/aromatic N) is 2. The maximum atomic E-state index is 12.5. The number of ether oxygens (including phenoxy) is 1. The van der Waals surface area contributed by atoms with Crippen LogP contribution in [0.2, 0.25) is 0 Å². The molecule has 1 fully saturated rings.